The lowest BCUT2D eigenvalue weighted by atomic mass is 10.2. The fourth-order valence-electron chi connectivity index (χ4n) is 3.76. The van der Waals surface area contributed by atoms with E-state index in [0.717, 1.165) is 17.5 Å². The molecule has 0 bridgehead atoms. The molecule has 2 aromatic carbocycles. The number of benzene rings is 2. The summed E-state index contributed by atoms with van der Waals surface area (Å²) in [4.78, 5) is 0. The van der Waals surface area contributed by atoms with Gasteiger partial charge in [-0.05, 0) is 12.8 Å². The highest BCUT2D eigenvalue weighted by molar-refractivity contribution is 7.85. The summed E-state index contributed by atoms with van der Waals surface area (Å²) in [5, 5.41) is 3.23. The number of aryl methyl sites for hydroxylation is 2. The standard InChI is InChI=1S/C25H28N3O5PS/c29-34(26-13-7-14-27-16-17-28(21-27)15-8-18-35(30,31)32)19-24(22-9-3-1-4-10-22)33-25(20-34)23-11-5-2-6-12-23/h1-6,9-12,16-17,19-21H,7-8,13-15,18H2,(H-,26,29,30,31,32). The maximum atomic E-state index is 13.8. The maximum Gasteiger partial charge on any atom is 0.243 e. The summed E-state index contributed by atoms with van der Waals surface area (Å²) < 4.78 is 56.0. The molecule has 0 spiro atoms. The Morgan fingerprint density at radius 3 is 2.11 bits per heavy atom. The molecule has 0 radical (unpaired) electrons. The second kappa shape index (κ2) is 11.2. The largest absolute Gasteiger partial charge is 0.748 e. The molecule has 0 aliphatic carbocycles. The van der Waals surface area contributed by atoms with E-state index in [1.165, 1.54) is 0 Å². The van der Waals surface area contributed by atoms with Gasteiger partial charge in [-0.3, -0.25) is 9.65 Å². The summed E-state index contributed by atoms with van der Waals surface area (Å²) in [7, 11) is -7.19. The minimum absolute atomic E-state index is 0.277. The van der Waals surface area contributed by atoms with Crippen LogP contribution in [0.15, 0.2) is 91.0 Å². The van der Waals surface area contributed by atoms with Gasteiger partial charge in [0.15, 0.2) is 7.29 Å². The van der Waals surface area contributed by atoms with Crippen LogP contribution in [0.1, 0.15) is 24.0 Å². The van der Waals surface area contributed by atoms with E-state index in [1.807, 2.05) is 88.5 Å². The number of imidazole rings is 1. The SMILES string of the molecule is O=P1(NCCCn2cc[n+](CCCS(=O)(=O)[O-])c2)C=C(c2ccccc2)OC(c2ccccc2)=C1. The topological polar surface area (TPSA) is 104 Å². The van der Waals surface area contributed by atoms with E-state index < -0.39 is 17.4 Å². The van der Waals surface area contributed by atoms with Crippen LogP contribution in [-0.4, -0.2) is 29.8 Å². The molecule has 0 atom stereocenters. The summed E-state index contributed by atoms with van der Waals surface area (Å²) in [5.41, 5.74) is 1.72. The molecule has 0 saturated heterocycles. The average molecular weight is 514 g/mol. The van der Waals surface area contributed by atoms with Crippen LogP contribution in [0.3, 0.4) is 0 Å². The van der Waals surface area contributed by atoms with Crippen molar-refractivity contribution in [2.45, 2.75) is 25.9 Å². The molecule has 8 nitrogen and oxygen atoms in total. The predicted octanol–water partition coefficient (Wildman–Crippen LogP) is 4.00. The van der Waals surface area contributed by atoms with Gasteiger partial charge in [-0.2, -0.15) is 0 Å². The summed E-state index contributed by atoms with van der Waals surface area (Å²) >= 11 is 0. The monoisotopic (exact) mass is 513 g/mol. The number of nitrogens with zero attached hydrogens (tertiary/aromatic N) is 2. The fourth-order valence-corrected chi connectivity index (χ4v) is 6.11. The highest BCUT2D eigenvalue weighted by Crippen LogP contribution is 2.53. The molecule has 0 saturated carbocycles. The predicted molar refractivity (Wildman–Crippen MR) is 134 cm³/mol. The summed E-state index contributed by atoms with van der Waals surface area (Å²) in [6, 6.07) is 19.2. The third-order valence-corrected chi connectivity index (χ3v) is 8.21. The number of nitrogens with one attached hydrogen (secondary N) is 1. The van der Waals surface area contributed by atoms with E-state index in [0.29, 0.717) is 31.2 Å². The van der Waals surface area contributed by atoms with Crippen LogP contribution >= 0.6 is 7.29 Å². The van der Waals surface area contributed by atoms with Crippen molar-refractivity contribution < 1.29 is 26.8 Å². The zero-order valence-corrected chi connectivity index (χ0v) is 20.9. The molecule has 1 aliphatic rings. The first-order chi connectivity index (χ1) is 16.8. The highest BCUT2D eigenvalue weighted by atomic mass is 32.2. The second-order valence-electron chi connectivity index (χ2n) is 8.30. The van der Waals surface area contributed by atoms with Gasteiger partial charge in [-0.1, -0.05) is 60.7 Å². The Bertz CT molecular complexity index is 1290. The van der Waals surface area contributed by atoms with Gasteiger partial charge in [-0.15, -0.1) is 0 Å². The molecule has 2 heterocycles. The van der Waals surface area contributed by atoms with Crippen LogP contribution in [-0.2, 0) is 32.5 Å². The lowest BCUT2D eigenvalue weighted by Crippen LogP contribution is -2.32. The zero-order valence-electron chi connectivity index (χ0n) is 19.2. The molecule has 35 heavy (non-hydrogen) atoms. The van der Waals surface area contributed by atoms with Gasteiger partial charge in [0.1, 0.15) is 23.9 Å². The molecule has 0 amide bonds. The van der Waals surface area contributed by atoms with Crippen molar-refractivity contribution in [1.82, 2.24) is 9.65 Å². The number of hydrogen-bond acceptors (Lipinski definition) is 5. The Hall–Kier alpha value is -2.97. The summed E-state index contributed by atoms with van der Waals surface area (Å²) in [6.45, 7) is 1.68. The van der Waals surface area contributed by atoms with Gasteiger partial charge in [-0.25, -0.2) is 17.6 Å². The molecule has 184 valence electrons. The van der Waals surface area contributed by atoms with E-state index >= 15 is 0 Å². The van der Waals surface area contributed by atoms with Crippen LogP contribution in [0.2, 0.25) is 0 Å². The van der Waals surface area contributed by atoms with E-state index in [9.17, 15) is 17.5 Å². The number of hydrogen-bond donors (Lipinski definition) is 1. The minimum Gasteiger partial charge on any atom is -0.748 e. The Kier molecular flexibility index (Phi) is 8.03. The second-order valence-corrected chi connectivity index (χ2v) is 12.1. The lowest BCUT2D eigenvalue weighted by molar-refractivity contribution is -0.696. The third kappa shape index (κ3) is 7.50. The van der Waals surface area contributed by atoms with Gasteiger partial charge in [0, 0.05) is 35.1 Å². The normalized spacial score (nSPS) is 15.2. The molecule has 3 aromatic rings. The van der Waals surface area contributed by atoms with E-state index in [4.69, 9.17) is 4.74 Å². The first-order valence-electron chi connectivity index (χ1n) is 11.4. The molecule has 1 aromatic heterocycles. The van der Waals surface area contributed by atoms with Gasteiger partial charge >= 0.3 is 0 Å². The quantitative estimate of drug-likeness (QED) is 0.180. The van der Waals surface area contributed by atoms with Gasteiger partial charge in [0.05, 0.1) is 23.2 Å². The van der Waals surface area contributed by atoms with Crippen LogP contribution in [0.4, 0.5) is 0 Å². The molecule has 10 heteroatoms. The Balaban J connectivity index is 1.39. The number of ether oxygens (including phenoxy) is 1. The average Bonchev–Trinajstić information content (AvgIpc) is 3.29. The summed E-state index contributed by atoms with van der Waals surface area (Å²) in [5.74, 6) is 4.12. The van der Waals surface area contributed by atoms with E-state index in [2.05, 4.69) is 5.09 Å². The van der Waals surface area contributed by atoms with Gasteiger partial charge in [0.2, 0.25) is 6.33 Å². The van der Waals surface area contributed by atoms with Crippen molar-refractivity contribution in [3.63, 3.8) is 0 Å². The van der Waals surface area contributed by atoms with Gasteiger partial charge < -0.3 is 9.29 Å². The first-order valence-corrected chi connectivity index (χ1v) is 14.8. The zero-order chi connectivity index (χ0) is 24.7. The van der Waals surface area contributed by atoms with E-state index in [1.54, 1.807) is 11.6 Å². The molecule has 1 aliphatic heterocycles. The molecular formula is C25H28N3O5PS. The van der Waals surface area contributed by atoms with Crippen molar-refractivity contribution >= 4 is 28.9 Å². The molecule has 4 rings (SSSR count). The minimum atomic E-state index is -4.19. The lowest BCUT2D eigenvalue weighted by Gasteiger charge is -2.23. The van der Waals surface area contributed by atoms with Crippen LogP contribution in [0.5, 0.6) is 0 Å². The van der Waals surface area contributed by atoms with Crippen LogP contribution in [0, 0.1) is 0 Å². The van der Waals surface area contributed by atoms with Crippen LogP contribution < -0.4 is 9.65 Å². The van der Waals surface area contributed by atoms with Gasteiger partial charge in [0.25, 0.3) is 0 Å². The molecule has 0 fully saturated rings. The first kappa shape index (κ1) is 25.1. The maximum absolute atomic E-state index is 13.8. The Morgan fingerprint density at radius 1 is 0.943 bits per heavy atom. The Labute approximate surface area is 205 Å². The smallest absolute Gasteiger partial charge is 0.243 e. The van der Waals surface area contributed by atoms with Crippen molar-refractivity contribution in [1.29, 1.82) is 0 Å². The van der Waals surface area contributed by atoms with Crippen molar-refractivity contribution in [3.05, 3.63) is 102 Å². The molecule has 0 unspecified atom stereocenters. The Morgan fingerprint density at radius 2 is 1.54 bits per heavy atom. The van der Waals surface area contributed by atoms with E-state index in [-0.39, 0.29) is 12.2 Å². The van der Waals surface area contributed by atoms with Crippen LogP contribution in [0.25, 0.3) is 11.5 Å². The third-order valence-electron chi connectivity index (χ3n) is 5.46. The molecule has 1 N–H and O–H groups in total. The van der Waals surface area contributed by atoms with Crippen molar-refractivity contribution in [2.75, 3.05) is 12.3 Å². The summed E-state index contributed by atoms with van der Waals surface area (Å²) in [6.07, 6.45) is 6.62. The highest BCUT2D eigenvalue weighted by Gasteiger charge is 2.26. The fraction of sp³-hybridized carbons (Fsp3) is 0.240. The number of rotatable bonds is 11. The van der Waals surface area contributed by atoms with Crippen molar-refractivity contribution in [2.24, 2.45) is 0 Å². The molecular weight excluding hydrogens is 485 g/mol. The van der Waals surface area contributed by atoms with Crippen molar-refractivity contribution in [3.8, 4) is 0 Å². The number of aromatic nitrogens is 2.